The van der Waals surface area contributed by atoms with E-state index in [1.165, 1.54) is 4.88 Å². The normalized spacial score (nSPS) is 12.2. The SMILES string of the molecule is CNc1cncc(NC(C)c2ncc(C)s2)c1. The van der Waals surface area contributed by atoms with Crippen LogP contribution in [-0.4, -0.2) is 17.0 Å². The Bertz CT molecular complexity index is 495. The van der Waals surface area contributed by atoms with Crippen LogP contribution in [0.15, 0.2) is 24.7 Å². The van der Waals surface area contributed by atoms with Crippen LogP contribution in [0, 0.1) is 6.92 Å². The molecule has 0 aliphatic rings. The minimum absolute atomic E-state index is 0.197. The zero-order valence-corrected chi connectivity index (χ0v) is 11.0. The van der Waals surface area contributed by atoms with Crippen molar-refractivity contribution in [2.75, 3.05) is 17.7 Å². The zero-order valence-electron chi connectivity index (χ0n) is 10.2. The Morgan fingerprint density at radius 3 is 2.65 bits per heavy atom. The number of aromatic nitrogens is 2. The van der Waals surface area contributed by atoms with Crippen molar-refractivity contribution in [1.82, 2.24) is 9.97 Å². The molecular weight excluding hydrogens is 232 g/mol. The van der Waals surface area contributed by atoms with E-state index in [2.05, 4.69) is 34.4 Å². The van der Waals surface area contributed by atoms with E-state index >= 15 is 0 Å². The Morgan fingerprint density at radius 2 is 2.00 bits per heavy atom. The summed E-state index contributed by atoms with van der Waals surface area (Å²) < 4.78 is 0. The molecule has 0 amide bonds. The Hall–Kier alpha value is -1.62. The van der Waals surface area contributed by atoms with Crippen molar-refractivity contribution in [3.05, 3.63) is 34.5 Å². The highest BCUT2D eigenvalue weighted by Crippen LogP contribution is 2.23. The number of rotatable bonds is 4. The average Bonchev–Trinajstić information content (AvgIpc) is 2.76. The van der Waals surface area contributed by atoms with E-state index in [1.54, 1.807) is 17.5 Å². The van der Waals surface area contributed by atoms with Gasteiger partial charge in [0.25, 0.3) is 0 Å². The molecular formula is C12H16N4S. The second kappa shape index (κ2) is 5.14. The Balaban J connectivity index is 2.09. The van der Waals surface area contributed by atoms with Crippen LogP contribution in [0.1, 0.15) is 22.9 Å². The van der Waals surface area contributed by atoms with Gasteiger partial charge < -0.3 is 10.6 Å². The summed E-state index contributed by atoms with van der Waals surface area (Å²) in [6.07, 6.45) is 5.52. The molecule has 1 atom stereocenters. The summed E-state index contributed by atoms with van der Waals surface area (Å²) >= 11 is 1.72. The van der Waals surface area contributed by atoms with Crippen molar-refractivity contribution < 1.29 is 0 Å². The molecule has 0 saturated carbocycles. The van der Waals surface area contributed by atoms with E-state index in [-0.39, 0.29) is 6.04 Å². The monoisotopic (exact) mass is 248 g/mol. The van der Waals surface area contributed by atoms with E-state index in [0.29, 0.717) is 0 Å². The lowest BCUT2D eigenvalue weighted by atomic mass is 10.3. The van der Waals surface area contributed by atoms with Gasteiger partial charge in [0.1, 0.15) is 5.01 Å². The second-order valence-corrected chi connectivity index (χ2v) is 5.15. The Labute approximate surface area is 105 Å². The van der Waals surface area contributed by atoms with Crippen LogP contribution in [0.4, 0.5) is 11.4 Å². The standard InChI is InChI=1S/C12H16N4S/c1-8-5-15-12(17-8)9(2)16-11-4-10(13-3)6-14-7-11/h4-7,9,13,16H,1-3H3. The van der Waals surface area contributed by atoms with Crippen LogP contribution in [-0.2, 0) is 0 Å². The molecule has 0 bridgehead atoms. The third-order valence-electron chi connectivity index (χ3n) is 2.42. The van der Waals surface area contributed by atoms with Crippen LogP contribution in [0.3, 0.4) is 0 Å². The molecule has 2 rings (SSSR count). The Kier molecular flexibility index (Phi) is 3.58. The molecule has 0 aliphatic heterocycles. The summed E-state index contributed by atoms with van der Waals surface area (Å²) in [5.74, 6) is 0. The lowest BCUT2D eigenvalue weighted by Gasteiger charge is -2.13. The highest BCUT2D eigenvalue weighted by molar-refractivity contribution is 7.11. The smallest absolute Gasteiger partial charge is 0.115 e. The van der Waals surface area contributed by atoms with Crippen molar-refractivity contribution >= 4 is 22.7 Å². The maximum atomic E-state index is 4.37. The largest absolute Gasteiger partial charge is 0.387 e. The van der Waals surface area contributed by atoms with Gasteiger partial charge >= 0.3 is 0 Å². The number of hydrogen-bond acceptors (Lipinski definition) is 5. The highest BCUT2D eigenvalue weighted by atomic mass is 32.1. The molecule has 2 N–H and O–H groups in total. The molecule has 2 heterocycles. The molecule has 0 spiro atoms. The van der Waals surface area contributed by atoms with Gasteiger partial charge in [-0.1, -0.05) is 0 Å². The van der Waals surface area contributed by atoms with Crippen molar-refractivity contribution in [3.63, 3.8) is 0 Å². The van der Waals surface area contributed by atoms with Crippen LogP contribution >= 0.6 is 11.3 Å². The molecule has 0 saturated heterocycles. The van der Waals surface area contributed by atoms with Crippen molar-refractivity contribution in [2.24, 2.45) is 0 Å². The van der Waals surface area contributed by atoms with E-state index < -0.39 is 0 Å². The first-order valence-electron chi connectivity index (χ1n) is 5.50. The second-order valence-electron chi connectivity index (χ2n) is 3.89. The fraction of sp³-hybridized carbons (Fsp3) is 0.333. The predicted octanol–water partition coefficient (Wildman–Crippen LogP) is 3.06. The lowest BCUT2D eigenvalue weighted by Crippen LogP contribution is -2.06. The molecule has 90 valence electrons. The molecule has 0 aliphatic carbocycles. The summed E-state index contributed by atoms with van der Waals surface area (Å²) in [5, 5.41) is 7.56. The highest BCUT2D eigenvalue weighted by Gasteiger charge is 2.09. The molecule has 5 heteroatoms. The van der Waals surface area contributed by atoms with Gasteiger partial charge in [0.05, 0.1) is 29.8 Å². The Morgan fingerprint density at radius 1 is 1.24 bits per heavy atom. The van der Waals surface area contributed by atoms with Crippen LogP contribution in [0.2, 0.25) is 0 Å². The van der Waals surface area contributed by atoms with E-state index in [9.17, 15) is 0 Å². The molecule has 2 aromatic heterocycles. The fourth-order valence-corrected chi connectivity index (χ4v) is 2.32. The van der Waals surface area contributed by atoms with Gasteiger partial charge in [-0.05, 0) is 19.9 Å². The number of aryl methyl sites for hydroxylation is 1. The molecule has 1 unspecified atom stereocenters. The van der Waals surface area contributed by atoms with Gasteiger partial charge in [0.2, 0.25) is 0 Å². The van der Waals surface area contributed by atoms with Crippen LogP contribution in [0.25, 0.3) is 0 Å². The minimum Gasteiger partial charge on any atom is -0.387 e. The number of nitrogens with one attached hydrogen (secondary N) is 2. The number of thiazole rings is 1. The molecule has 17 heavy (non-hydrogen) atoms. The van der Waals surface area contributed by atoms with E-state index in [1.807, 2.05) is 25.5 Å². The summed E-state index contributed by atoms with van der Waals surface area (Å²) in [5.41, 5.74) is 2.00. The maximum Gasteiger partial charge on any atom is 0.115 e. The van der Waals surface area contributed by atoms with Gasteiger partial charge in [0, 0.05) is 18.1 Å². The zero-order chi connectivity index (χ0) is 12.3. The molecule has 2 aromatic rings. The summed E-state index contributed by atoms with van der Waals surface area (Å²) in [4.78, 5) is 9.77. The first-order chi connectivity index (χ1) is 8.19. The van der Waals surface area contributed by atoms with Gasteiger partial charge in [-0.3, -0.25) is 4.98 Å². The van der Waals surface area contributed by atoms with Gasteiger partial charge in [-0.25, -0.2) is 4.98 Å². The number of anilines is 2. The average molecular weight is 248 g/mol. The van der Waals surface area contributed by atoms with Crippen molar-refractivity contribution in [1.29, 1.82) is 0 Å². The van der Waals surface area contributed by atoms with Crippen molar-refractivity contribution in [3.8, 4) is 0 Å². The molecule has 0 radical (unpaired) electrons. The van der Waals surface area contributed by atoms with Crippen LogP contribution < -0.4 is 10.6 Å². The third kappa shape index (κ3) is 2.94. The minimum atomic E-state index is 0.197. The summed E-state index contributed by atoms with van der Waals surface area (Å²) in [6, 6.07) is 2.23. The maximum absolute atomic E-state index is 4.37. The van der Waals surface area contributed by atoms with Crippen LogP contribution in [0.5, 0.6) is 0 Å². The predicted molar refractivity (Wildman–Crippen MR) is 72.7 cm³/mol. The molecule has 0 aromatic carbocycles. The fourth-order valence-electron chi connectivity index (χ4n) is 1.54. The first kappa shape index (κ1) is 11.9. The molecule has 0 fully saturated rings. The molecule has 4 nitrogen and oxygen atoms in total. The number of hydrogen-bond donors (Lipinski definition) is 2. The quantitative estimate of drug-likeness (QED) is 0.873. The number of nitrogens with zero attached hydrogens (tertiary/aromatic N) is 2. The van der Waals surface area contributed by atoms with E-state index in [0.717, 1.165) is 16.4 Å². The third-order valence-corrected chi connectivity index (χ3v) is 3.52. The van der Waals surface area contributed by atoms with Gasteiger partial charge in [0.15, 0.2) is 0 Å². The lowest BCUT2D eigenvalue weighted by molar-refractivity contribution is 0.868. The van der Waals surface area contributed by atoms with E-state index in [4.69, 9.17) is 0 Å². The number of pyridine rings is 1. The van der Waals surface area contributed by atoms with Crippen molar-refractivity contribution in [2.45, 2.75) is 19.9 Å². The topological polar surface area (TPSA) is 49.8 Å². The van der Waals surface area contributed by atoms with Gasteiger partial charge in [-0.2, -0.15) is 0 Å². The van der Waals surface area contributed by atoms with Gasteiger partial charge in [-0.15, -0.1) is 11.3 Å². The first-order valence-corrected chi connectivity index (χ1v) is 6.32. The summed E-state index contributed by atoms with van der Waals surface area (Å²) in [7, 11) is 1.88. The summed E-state index contributed by atoms with van der Waals surface area (Å²) in [6.45, 7) is 4.17.